The zero-order valence-electron chi connectivity index (χ0n) is 54.1. The Balaban J connectivity index is 2.63. The molecule has 1 fully saturated rings. The van der Waals surface area contributed by atoms with Crippen molar-refractivity contribution in [3.8, 4) is 0 Å². The molecule has 0 bridgehead atoms. The first-order chi connectivity index (χ1) is 42.2. The molecule has 1 aliphatic heterocycles. The van der Waals surface area contributed by atoms with Gasteiger partial charge in [0.2, 0.25) is 5.91 Å². The zero-order valence-corrected chi connectivity index (χ0v) is 54.1. The summed E-state index contributed by atoms with van der Waals surface area (Å²) in [6.07, 6.45) is 77.6. The van der Waals surface area contributed by atoms with Crippen LogP contribution >= 0.6 is 0 Å². The molecule has 488 valence electrons. The summed E-state index contributed by atoms with van der Waals surface area (Å²) in [4.78, 5) is 26.6. The molecule has 0 aromatic heterocycles. The molecule has 1 aliphatic rings. The molecular formula is C75H123NO10. The Morgan fingerprint density at radius 2 is 0.837 bits per heavy atom. The lowest BCUT2D eigenvalue weighted by Gasteiger charge is -2.41. The second kappa shape index (κ2) is 60.8. The van der Waals surface area contributed by atoms with E-state index in [4.69, 9.17) is 14.2 Å². The number of nitrogens with one attached hydrogen (secondary N) is 1. The summed E-state index contributed by atoms with van der Waals surface area (Å²) in [7, 11) is 0. The molecule has 0 aromatic rings. The molecule has 1 amide bonds. The van der Waals surface area contributed by atoms with Crippen LogP contribution in [0.2, 0.25) is 0 Å². The minimum absolute atomic E-state index is 0.0507. The first-order valence-electron chi connectivity index (χ1n) is 34.1. The van der Waals surface area contributed by atoms with Crippen LogP contribution in [0.4, 0.5) is 0 Å². The maximum Gasteiger partial charge on any atom is 0.306 e. The summed E-state index contributed by atoms with van der Waals surface area (Å²) in [5, 5.41) is 57.0. The fraction of sp³-hybridized carbons (Fsp3) is 0.653. The predicted octanol–water partition coefficient (Wildman–Crippen LogP) is 17.3. The Morgan fingerprint density at radius 3 is 1.26 bits per heavy atom. The Labute approximate surface area is 524 Å². The minimum Gasteiger partial charge on any atom is -0.454 e. The van der Waals surface area contributed by atoms with E-state index in [1.54, 1.807) is 12.2 Å². The summed E-state index contributed by atoms with van der Waals surface area (Å²) < 4.78 is 17.6. The van der Waals surface area contributed by atoms with Crippen LogP contribution in [-0.2, 0) is 23.8 Å². The molecule has 0 saturated carbocycles. The minimum atomic E-state index is -1.64. The van der Waals surface area contributed by atoms with E-state index in [0.717, 1.165) is 122 Å². The smallest absolute Gasteiger partial charge is 0.306 e. The van der Waals surface area contributed by atoms with Gasteiger partial charge in [-0.25, -0.2) is 0 Å². The summed E-state index contributed by atoms with van der Waals surface area (Å²) in [6.45, 7) is 5.51. The number of hydrogen-bond acceptors (Lipinski definition) is 10. The first kappa shape index (κ1) is 79.6. The van der Waals surface area contributed by atoms with E-state index in [-0.39, 0.29) is 19.4 Å². The number of amides is 1. The van der Waals surface area contributed by atoms with Crippen molar-refractivity contribution in [1.82, 2.24) is 5.32 Å². The number of esters is 1. The van der Waals surface area contributed by atoms with Crippen molar-refractivity contribution < 1.29 is 49.3 Å². The van der Waals surface area contributed by atoms with Gasteiger partial charge in [0.15, 0.2) is 12.4 Å². The molecule has 0 aromatic carbocycles. The molecule has 0 spiro atoms. The highest BCUT2D eigenvalue weighted by molar-refractivity contribution is 5.81. The topological polar surface area (TPSA) is 175 Å². The summed E-state index contributed by atoms with van der Waals surface area (Å²) in [5.41, 5.74) is 0. The van der Waals surface area contributed by atoms with E-state index in [9.17, 15) is 35.1 Å². The third kappa shape index (κ3) is 47.6. The van der Waals surface area contributed by atoms with Crippen LogP contribution in [0.3, 0.4) is 0 Å². The van der Waals surface area contributed by atoms with Crippen LogP contribution < -0.4 is 5.32 Å². The normalized spacial score (nSPS) is 19.3. The van der Waals surface area contributed by atoms with Gasteiger partial charge in [-0.15, -0.1) is 0 Å². The van der Waals surface area contributed by atoms with Gasteiger partial charge in [0.1, 0.15) is 24.4 Å². The standard InChI is InChI=1S/C75H123NO10/c1-4-7-10-13-16-19-22-25-27-29-31-32-33-34-35-36-37-38-39-41-43-45-48-51-54-57-60-63-70(80)86-73-72(82)71(81)69(64-77)85-75(73)84-65-66(67(78)61-58-55-52-49-46-24-21-18-15-12-9-6-3)76-74(83)68(79)62-59-56-53-50-47-44-42-40-30-28-26-23-20-17-14-11-8-5-2/h7-8,10-11,16-17,19-20,25-28,31-32,34-35,40,42,47,50,56,58-59,61,66-69,71-73,75,77-79,81-82H,4-6,9,12-15,18,21-24,29-30,33,36-39,41,43-46,48-49,51-55,57,60,62-65H2,1-3H3,(H,76,83)/b10-7-,11-8-,19-16-,20-17-,27-25-,28-26-,32-31-,35-34-,42-40-,50-47-,59-56-,61-58+. The molecule has 8 unspecified atom stereocenters. The number of allylic oxidation sites excluding steroid dienone is 22. The zero-order chi connectivity index (χ0) is 62.4. The van der Waals surface area contributed by atoms with E-state index in [0.29, 0.717) is 12.8 Å². The van der Waals surface area contributed by atoms with Gasteiger partial charge in [-0.3, -0.25) is 9.59 Å². The van der Waals surface area contributed by atoms with Crippen LogP contribution in [-0.4, -0.2) is 99.6 Å². The predicted molar refractivity (Wildman–Crippen MR) is 360 cm³/mol. The number of hydrogen-bond donors (Lipinski definition) is 6. The van der Waals surface area contributed by atoms with Crippen molar-refractivity contribution in [1.29, 1.82) is 0 Å². The number of rotatable bonds is 56. The maximum absolute atomic E-state index is 13.4. The van der Waals surface area contributed by atoms with Crippen LogP contribution in [0.25, 0.3) is 0 Å². The van der Waals surface area contributed by atoms with Crippen molar-refractivity contribution in [2.75, 3.05) is 13.2 Å². The van der Waals surface area contributed by atoms with Gasteiger partial charge >= 0.3 is 5.97 Å². The van der Waals surface area contributed by atoms with Crippen LogP contribution in [0.1, 0.15) is 252 Å². The number of ether oxygens (including phenoxy) is 3. The second-order valence-electron chi connectivity index (χ2n) is 22.8. The molecule has 1 rings (SSSR count). The molecular weight excluding hydrogens is 1070 g/mol. The lowest BCUT2D eigenvalue weighted by molar-refractivity contribution is -0.305. The monoisotopic (exact) mass is 1200 g/mol. The molecule has 1 heterocycles. The average Bonchev–Trinajstić information content (AvgIpc) is 3.59. The van der Waals surface area contributed by atoms with Crippen molar-refractivity contribution in [3.05, 3.63) is 146 Å². The van der Waals surface area contributed by atoms with Gasteiger partial charge in [0.05, 0.1) is 25.4 Å². The van der Waals surface area contributed by atoms with E-state index >= 15 is 0 Å². The average molecular weight is 1200 g/mol. The number of aliphatic hydroxyl groups is 5. The molecule has 11 nitrogen and oxygen atoms in total. The fourth-order valence-corrected chi connectivity index (χ4v) is 9.69. The number of carbonyl (C=O) groups excluding carboxylic acids is 2. The van der Waals surface area contributed by atoms with Gasteiger partial charge in [0.25, 0.3) is 0 Å². The lowest BCUT2D eigenvalue weighted by Crippen LogP contribution is -2.61. The van der Waals surface area contributed by atoms with Gasteiger partial charge in [0, 0.05) is 12.8 Å². The molecule has 0 aliphatic carbocycles. The van der Waals surface area contributed by atoms with E-state index < -0.39 is 67.4 Å². The Morgan fingerprint density at radius 1 is 0.465 bits per heavy atom. The number of unbranched alkanes of at least 4 members (excludes halogenated alkanes) is 21. The number of carbonyl (C=O) groups is 2. The van der Waals surface area contributed by atoms with Crippen molar-refractivity contribution in [2.24, 2.45) is 0 Å². The molecule has 86 heavy (non-hydrogen) atoms. The van der Waals surface area contributed by atoms with Gasteiger partial charge in [-0.05, 0) is 103 Å². The second-order valence-corrected chi connectivity index (χ2v) is 22.8. The highest BCUT2D eigenvalue weighted by atomic mass is 16.7. The highest BCUT2D eigenvalue weighted by Crippen LogP contribution is 2.26. The van der Waals surface area contributed by atoms with Gasteiger partial charge < -0.3 is 45.1 Å². The molecule has 11 heteroatoms. The Kier molecular flexibility index (Phi) is 56.2. The number of aliphatic hydroxyl groups excluding tert-OH is 5. The van der Waals surface area contributed by atoms with E-state index in [1.165, 1.54) is 83.5 Å². The fourth-order valence-electron chi connectivity index (χ4n) is 9.69. The van der Waals surface area contributed by atoms with Crippen molar-refractivity contribution in [3.63, 3.8) is 0 Å². The molecule has 6 N–H and O–H groups in total. The summed E-state index contributed by atoms with van der Waals surface area (Å²) in [5.74, 6) is -1.30. The summed E-state index contributed by atoms with van der Waals surface area (Å²) in [6, 6.07) is -1.08. The Bertz CT molecular complexity index is 1960. The molecule has 0 radical (unpaired) electrons. The SMILES string of the molecule is CC/C=C\C/C=C\C/C=C\C/C=C\C/C=C\C/C=C\CC(O)C(=O)NC(COC1OC(CO)C(O)C(O)C1OC(=O)CCCCCCCCCCCCC/C=C\C/C=C\C/C=C\C/C=C\C/C=C\CC)C(O)/C=C/CCCCCCCCCCCC. The van der Waals surface area contributed by atoms with E-state index in [1.807, 2.05) is 18.2 Å². The Hall–Kier alpha value is -4.46. The van der Waals surface area contributed by atoms with Crippen LogP contribution in [0.5, 0.6) is 0 Å². The van der Waals surface area contributed by atoms with Crippen LogP contribution in [0, 0.1) is 0 Å². The lowest BCUT2D eigenvalue weighted by atomic mass is 9.99. The van der Waals surface area contributed by atoms with Crippen molar-refractivity contribution in [2.45, 2.75) is 301 Å². The first-order valence-corrected chi connectivity index (χ1v) is 34.1. The molecule has 8 atom stereocenters. The largest absolute Gasteiger partial charge is 0.454 e. The highest BCUT2D eigenvalue weighted by Gasteiger charge is 2.47. The van der Waals surface area contributed by atoms with E-state index in [2.05, 4.69) is 142 Å². The van der Waals surface area contributed by atoms with Gasteiger partial charge in [-0.1, -0.05) is 282 Å². The van der Waals surface area contributed by atoms with Crippen LogP contribution in [0.15, 0.2) is 146 Å². The van der Waals surface area contributed by atoms with Gasteiger partial charge in [-0.2, -0.15) is 0 Å². The third-order valence-electron chi connectivity index (χ3n) is 15.0. The quantitative estimate of drug-likeness (QED) is 0.0195. The summed E-state index contributed by atoms with van der Waals surface area (Å²) >= 11 is 0. The van der Waals surface area contributed by atoms with Crippen molar-refractivity contribution >= 4 is 11.9 Å². The maximum atomic E-state index is 13.4. The third-order valence-corrected chi connectivity index (χ3v) is 15.0. The molecule has 1 saturated heterocycles.